The van der Waals surface area contributed by atoms with E-state index in [-0.39, 0.29) is 5.50 Å². The predicted molar refractivity (Wildman–Crippen MR) is 23.5 cm³/mol. The van der Waals surface area contributed by atoms with Crippen LogP contribution < -0.4 is 0 Å². The van der Waals surface area contributed by atoms with Crippen LogP contribution in [0.3, 0.4) is 0 Å². The van der Waals surface area contributed by atoms with Crippen LogP contribution in [0.4, 0.5) is 0 Å². The minimum absolute atomic E-state index is 0.259. The van der Waals surface area contributed by atoms with Crippen LogP contribution in [0.5, 0.6) is 0 Å². The van der Waals surface area contributed by atoms with E-state index in [1.54, 1.807) is 0 Å². The van der Waals surface area contributed by atoms with E-state index >= 15 is 0 Å². The van der Waals surface area contributed by atoms with Gasteiger partial charge >= 0.3 is 0 Å². The molecule has 1 atom stereocenters. The van der Waals surface area contributed by atoms with Gasteiger partial charge in [-0.15, -0.1) is 0 Å². The first-order valence-corrected chi connectivity index (χ1v) is 1.98. The molecule has 0 amide bonds. The second-order valence-corrected chi connectivity index (χ2v) is 1.35. The fraction of sp³-hybridized carbons (Fsp3) is 0.333. The van der Waals surface area contributed by atoms with Crippen molar-refractivity contribution in [3.05, 3.63) is 6.61 Å². The summed E-state index contributed by atoms with van der Waals surface area (Å²) in [6.45, 7) is 1.45. The molecule has 0 saturated heterocycles. The Hall–Kier alpha value is -0.240. The summed E-state index contributed by atoms with van der Waals surface area (Å²) in [7, 11) is 0. The Labute approximate surface area is 40.8 Å². The van der Waals surface area contributed by atoms with Crippen molar-refractivity contribution >= 4 is 18.0 Å². The van der Waals surface area contributed by atoms with Crippen molar-refractivity contribution in [1.82, 2.24) is 0 Å². The molecule has 2 nitrogen and oxygen atoms in total. The highest BCUT2D eigenvalue weighted by atomic mass is 35.5. The minimum atomic E-state index is -0.259. The van der Waals surface area contributed by atoms with Gasteiger partial charge in [0.15, 0.2) is 18.5 Å². The van der Waals surface area contributed by atoms with Gasteiger partial charge in [0.25, 0.3) is 0 Å². The summed E-state index contributed by atoms with van der Waals surface area (Å²) in [6.07, 6.45) is 1.32. The van der Waals surface area contributed by atoms with Gasteiger partial charge in [0.2, 0.25) is 0 Å². The van der Waals surface area contributed by atoms with E-state index < -0.39 is 0 Å². The highest BCUT2D eigenvalue weighted by Crippen LogP contribution is 2.06. The standard InChI is InChI=1S/C3H3ClNO/c4-3-1-6-2-5-3/h1-3H. The number of hydrogen-bond donors (Lipinski definition) is 0. The highest BCUT2D eigenvalue weighted by Gasteiger charge is 2.05. The molecule has 1 aliphatic heterocycles. The Morgan fingerprint density at radius 1 is 1.83 bits per heavy atom. The maximum Gasteiger partial charge on any atom is 0.176 e. The first-order chi connectivity index (χ1) is 2.89. The van der Waals surface area contributed by atoms with Gasteiger partial charge in [-0.1, -0.05) is 11.6 Å². The number of halogens is 1. The fourth-order valence-electron chi connectivity index (χ4n) is 0.228. The molecular weight excluding hydrogens is 101 g/mol. The maximum absolute atomic E-state index is 5.33. The molecule has 0 saturated carbocycles. The summed E-state index contributed by atoms with van der Waals surface area (Å²) in [5.74, 6) is 0. The Balaban J connectivity index is 2.38. The number of aliphatic imine (C=N–C) groups is 1. The summed E-state index contributed by atoms with van der Waals surface area (Å²) in [5.41, 5.74) is -0.259. The molecule has 0 aliphatic carbocycles. The lowest BCUT2D eigenvalue weighted by Crippen LogP contribution is -1.84. The highest BCUT2D eigenvalue weighted by molar-refractivity contribution is 6.21. The molecule has 0 aromatic heterocycles. The first kappa shape index (κ1) is 3.93. The number of alkyl halides is 1. The van der Waals surface area contributed by atoms with E-state index in [0.717, 1.165) is 0 Å². The SMILES string of the molecule is ClC1[CH]OC=N1. The van der Waals surface area contributed by atoms with Gasteiger partial charge in [-0.2, -0.15) is 0 Å². The summed E-state index contributed by atoms with van der Waals surface area (Å²) >= 11 is 5.33. The molecule has 1 aliphatic rings. The summed E-state index contributed by atoms with van der Waals surface area (Å²) < 4.78 is 4.51. The van der Waals surface area contributed by atoms with E-state index in [4.69, 9.17) is 11.6 Å². The number of nitrogens with zero attached hydrogens (tertiary/aromatic N) is 1. The lowest BCUT2D eigenvalue weighted by molar-refractivity contribution is 0.436. The second kappa shape index (κ2) is 1.47. The number of rotatable bonds is 0. The van der Waals surface area contributed by atoms with E-state index in [1.807, 2.05) is 0 Å². The molecule has 1 rings (SSSR count). The molecule has 1 heterocycles. The van der Waals surface area contributed by atoms with Crippen molar-refractivity contribution < 1.29 is 4.74 Å². The van der Waals surface area contributed by atoms with E-state index in [1.165, 1.54) is 13.0 Å². The second-order valence-electron chi connectivity index (χ2n) is 0.899. The predicted octanol–water partition coefficient (Wildman–Crippen LogP) is 0.772. The Morgan fingerprint density at radius 3 is 2.83 bits per heavy atom. The molecular formula is C3H3ClNO. The third kappa shape index (κ3) is 0.627. The van der Waals surface area contributed by atoms with E-state index in [0.29, 0.717) is 0 Å². The Bertz CT molecular complexity index is 73.2. The van der Waals surface area contributed by atoms with Crippen molar-refractivity contribution in [1.29, 1.82) is 0 Å². The molecule has 1 unspecified atom stereocenters. The summed E-state index contributed by atoms with van der Waals surface area (Å²) in [6, 6.07) is 0. The van der Waals surface area contributed by atoms with Gasteiger partial charge in [-0.05, 0) is 0 Å². The van der Waals surface area contributed by atoms with Crippen molar-refractivity contribution in [2.24, 2.45) is 4.99 Å². The zero-order valence-electron chi connectivity index (χ0n) is 2.97. The van der Waals surface area contributed by atoms with Gasteiger partial charge in [0, 0.05) is 0 Å². The van der Waals surface area contributed by atoms with Crippen LogP contribution in [-0.2, 0) is 4.74 Å². The molecule has 33 valence electrons. The van der Waals surface area contributed by atoms with Crippen molar-refractivity contribution in [3.63, 3.8) is 0 Å². The minimum Gasteiger partial charge on any atom is -0.473 e. The average molecular weight is 105 g/mol. The zero-order chi connectivity index (χ0) is 4.41. The summed E-state index contributed by atoms with van der Waals surface area (Å²) in [4.78, 5) is 3.60. The largest absolute Gasteiger partial charge is 0.473 e. The normalized spacial score (nSPS) is 30.5. The summed E-state index contributed by atoms with van der Waals surface area (Å²) in [5, 5.41) is 0. The van der Waals surface area contributed by atoms with Crippen molar-refractivity contribution in [2.75, 3.05) is 0 Å². The lowest BCUT2D eigenvalue weighted by atomic mass is 10.7. The van der Waals surface area contributed by atoms with Crippen LogP contribution in [0.25, 0.3) is 0 Å². The van der Waals surface area contributed by atoms with Crippen LogP contribution in [0, 0.1) is 6.61 Å². The van der Waals surface area contributed by atoms with Gasteiger partial charge in [0.05, 0.1) is 0 Å². The quantitative estimate of drug-likeness (QED) is 0.329. The molecule has 1 radical (unpaired) electrons. The van der Waals surface area contributed by atoms with Gasteiger partial charge in [0.1, 0.15) is 0 Å². The molecule has 0 aromatic rings. The Morgan fingerprint density at radius 2 is 2.67 bits per heavy atom. The van der Waals surface area contributed by atoms with E-state index in [9.17, 15) is 0 Å². The first-order valence-electron chi connectivity index (χ1n) is 1.54. The number of ether oxygens (including phenoxy) is 1. The zero-order valence-corrected chi connectivity index (χ0v) is 3.72. The smallest absolute Gasteiger partial charge is 0.176 e. The van der Waals surface area contributed by atoms with Crippen LogP contribution in [-0.4, -0.2) is 11.9 Å². The topological polar surface area (TPSA) is 21.6 Å². The number of hydrogen-bond acceptors (Lipinski definition) is 2. The third-order valence-corrected chi connectivity index (χ3v) is 0.671. The fourth-order valence-corrected chi connectivity index (χ4v) is 0.334. The van der Waals surface area contributed by atoms with Crippen molar-refractivity contribution in [2.45, 2.75) is 5.50 Å². The molecule has 6 heavy (non-hydrogen) atoms. The van der Waals surface area contributed by atoms with Gasteiger partial charge in [-0.3, -0.25) is 0 Å². The average Bonchev–Trinajstić information content (AvgIpc) is 1.86. The lowest BCUT2D eigenvalue weighted by Gasteiger charge is -1.84. The van der Waals surface area contributed by atoms with E-state index in [2.05, 4.69) is 9.73 Å². The molecule has 0 aromatic carbocycles. The third-order valence-electron chi connectivity index (χ3n) is 0.455. The van der Waals surface area contributed by atoms with Crippen LogP contribution >= 0.6 is 11.6 Å². The van der Waals surface area contributed by atoms with Crippen LogP contribution in [0.1, 0.15) is 0 Å². The Kier molecular flexibility index (Phi) is 0.965. The molecule has 0 bridgehead atoms. The maximum atomic E-state index is 5.33. The van der Waals surface area contributed by atoms with Crippen molar-refractivity contribution in [3.8, 4) is 0 Å². The van der Waals surface area contributed by atoms with Crippen LogP contribution in [0.15, 0.2) is 4.99 Å². The van der Waals surface area contributed by atoms with Gasteiger partial charge in [-0.25, -0.2) is 4.99 Å². The van der Waals surface area contributed by atoms with Gasteiger partial charge < -0.3 is 4.74 Å². The monoisotopic (exact) mass is 104 g/mol. The van der Waals surface area contributed by atoms with Crippen LogP contribution in [0.2, 0.25) is 0 Å². The molecule has 0 spiro atoms. The molecule has 3 heteroatoms. The molecule has 0 fully saturated rings. The molecule has 0 N–H and O–H groups in total.